The van der Waals surface area contributed by atoms with Gasteiger partial charge in [0.2, 0.25) is 0 Å². The number of ether oxygens (including phenoxy) is 1. The van der Waals surface area contributed by atoms with Crippen molar-refractivity contribution in [1.29, 1.82) is 0 Å². The third-order valence-electron chi connectivity index (χ3n) is 1.19. The van der Waals surface area contributed by atoms with Crippen molar-refractivity contribution in [2.75, 3.05) is 6.61 Å². The van der Waals surface area contributed by atoms with Crippen LogP contribution in [-0.4, -0.2) is 24.3 Å². The van der Waals surface area contributed by atoms with Gasteiger partial charge in [-0.1, -0.05) is 0 Å². The van der Waals surface area contributed by atoms with Gasteiger partial charge in [-0.2, -0.15) is 0 Å². The first-order valence-electron chi connectivity index (χ1n) is 3.68. The molecular weight excluding hydrogens is 174 g/mol. The smallest absolute Gasteiger partial charge is 0.331 e. The van der Waals surface area contributed by atoms with E-state index in [4.69, 9.17) is 5.73 Å². The van der Waals surface area contributed by atoms with Gasteiger partial charge < -0.3 is 10.5 Å². The zero-order valence-electron chi connectivity index (χ0n) is 7.49. The molecule has 0 rings (SSSR count). The number of hydrogen-bond donors (Lipinski definition) is 1. The average Bonchev–Trinajstić information content (AvgIpc) is 1.99. The minimum atomic E-state index is -0.930. The highest BCUT2D eigenvalue weighted by Crippen LogP contribution is 1.96. The van der Waals surface area contributed by atoms with Crippen molar-refractivity contribution in [1.82, 2.24) is 0 Å². The fourth-order valence-electron chi connectivity index (χ4n) is 0.648. The Hall–Kier alpha value is -1.65. The number of rotatable bonds is 4. The fraction of sp³-hybridized carbons (Fsp3) is 0.375. The monoisotopic (exact) mass is 185 g/mol. The van der Waals surface area contributed by atoms with Crippen molar-refractivity contribution >= 4 is 17.7 Å². The lowest BCUT2D eigenvalue weighted by Crippen LogP contribution is -2.20. The molecule has 0 aliphatic heterocycles. The predicted molar refractivity (Wildman–Crippen MR) is 44.6 cm³/mol. The molecule has 0 aromatic carbocycles. The zero-order chi connectivity index (χ0) is 10.4. The van der Waals surface area contributed by atoms with Gasteiger partial charge in [-0.05, 0) is 13.8 Å². The summed E-state index contributed by atoms with van der Waals surface area (Å²) in [6.07, 6.45) is 0.800. The van der Waals surface area contributed by atoms with Crippen LogP contribution in [0.2, 0.25) is 0 Å². The summed E-state index contributed by atoms with van der Waals surface area (Å²) in [5, 5.41) is 0. The van der Waals surface area contributed by atoms with Crippen molar-refractivity contribution in [3.05, 3.63) is 11.6 Å². The Bertz CT molecular complexity index is 251. The molecule has 72 valence electrons. The predicted octanol–water partition coefficient (Wildman–Crippen LogP) is -0.450. The van der Waals surface area contributed by atoms with Gasteiger partial charge in [0.25, 0.3) is 5.91 Å². The number of esters is 1. The molecule has 0 radical (unpaired) electrons. The van der Waals surface area contributed by atoms with Crippen LogP contribution in [0.25, 0.3) is 0 Å². The highest BCUT2D eigenvalue weighted by atomic mass is 16.5. The molecule has 0 aliphatic carbocycles. The van der Waals surface area contributed by atoms with Crippen LogP contribution in [0.15, 0.2) is 11.6 Å². The minimum Gasteiger partial charge on any atom is -0.463 e. The number of carbonyl (C=O) groups excluding carboxylic acids is 3. The van der Waals surface area contributed by atoms with Crippen LogP contribution in [0, 0.1) is 0 Å². The molecule has 0 fully saturated rings. The summed E-state index contributed by atoms with van der Waals surface area (Å²) >= 11 is 0. The lowest BCUT2D eigenvalue weighted by molar-refractivity contribution is -0.137. The Balaban J connectivity index is 4.64. The molecule has 13 heavy (non-hydrogen) atoms. The Kier molecular flexibility index (Phi) is 4.43. The summed E-state index contributed by atoms with van der Waals surface area (Å²) in [4.78, 5) is 32.2. The maximum Gasteiger partial charge on any atom is 0.331 e. The Morgan fingerprint density at radius 3 is 2.23 bits per heavy atom. The second kappa shape index (κ2) is 5.08. The molecular formula is C8H11NO4. The Morgan fingerprint density at radius 2 is 1.92 bits per heavy atom. The van der Waals surface area contributed by atoms with Gasteiger partial charge in [0, 0.05) is 6.08 Å². The average molecular weight is 185 g/mol. The van der Waals surface area contributed by atoms with E-state index in [2.05, 4.69) is 4.74 Å². The molecule has 0 aromatic heterocycles. The fourth-order valence-corrected chi connectivity index (χ4v) is 0.648. The number of nitrogens with two attached hydrogens (primary N) is 1. The number of hydrogen-bond acceptors (Lipinski definition) is 4. The van der Waals surface area contributed by atoms with Gasteiger partial charge in [-0.25, -0.2) is 4.79 Å². The van der Waals surface area contributed by atoms with Crippen LogP contribution in [0.3, 0.4) is 0 Å². The molecule has 0 spiro atoms. The molecule has 0 aromatic rings. The summed E-state index contributed by atoms with van der Waals surface area (Å²) in [6.45, 7) is 2.94. The molecule has 0 unspecified atom stereocenters. The summed E-state index contributed by atoms with van der Waals surface area (Å²) in [7, 11) is 0. The van der Waals surface area contributed by atoms with Crippen LogP contribution in [0.1, 0.15) is 13.8 Å². The molecule has 5 heteroatoms. The normalized spacial score (nSPS) is 10.8. The molecule has 0 heterocycles. The molecule has 0 bridgehead atoms. The Morgan fingerprint density at radius 1 is 1.38 bits per heavy atom. The van der Waals surface area contributed by atoms with Crippen LogP contribution >= 0.6 is 0 Å². The van der Waals surface area contributed by atoms with Gasteiger partial charge >= 0.3 is 5.97 Å². The van der Waals surface area contributed by atoms with E-state index in [9.17, 15) is 14.4 Å². The lowest BCUT2D eigenvalue weighted by Gasteiger charge is -1.98. The second-order valence-corrected chi connectivity index (χ2v) is 2.23. The number of carbonyl (C=O) groups is 3. The van der Waals surface area contributed by atoms with E-state index in [0.29, 0.717) is 0 Å². The summed E-state index contributed by atoms with van der Waals surface area (Å²) < 4.78 is 4.50. The first kappa shape index (κ1) is 11.4. The Labute approximate surface area is 75.5 Å². The summed E-state index contributed by atoms with van der Waals surface area (Å²) in [5.74, 6) is -2.23. The van der Waals surface area contributed by atoms with Crippen molar-refractivity contribution in [3.8, 4) is 0 Å². The zero-order valence-corrected chi connectivity index (χ0v) is 7.49. The van der Waals surface area contributed by atoms with E-state index in [0.717, 1.165) is 13.0 Å². The number of Topliss-reactive ketones (excluding diaryl/α,β-unsaturated/α-hetero) is 1. The molecule has 0 atom stereocenters. The largest absolute Gasteiger partial charge is 0.463 e. The third kappa shape index (κ3) is 4.05. The maximum absolute atomic E-state index is 10.8. The topological polar surface area (TPSA) is 86.5 Å². The van der Waals surface area contributed by atoms with Gasteiger partial charge in [-0.15, -0.1) is 0 Å². The molecule has 0 saturated carbocycles. The van der Waals surface area contributed by atoms with Gasteiger partial charge in [-0.3, -0.25) is 9.59 Å². The molecule has 0 saturated heterocycles. The molecule has 5 nitrogen and oxygen atoms in total. The first-order valence-corrected chi connectivity index (χ1v) is 3.68. The van der Waals surface area contributed by atoms with Crippen LogP contribution in [-0.2, 0) is 19.1 Å². The number of primary amides is 1. The van der Waals surface area contributed by atoms with Crippen molar-refractivity contribution < 1.29 is 19.1 Å². The van der Waals surface area contributed by atoms with E-state index in [1.807, 2.05) is 0 Å². The highest BCUT2D eigenvalue weighted by molar-refractivity contribution is 6.20. The summed E-state index contributed by atoms with van der Waals surface area (Å²) in [6, 6.07) is 0. The van der Waals surface area contributed by atoms with E-state index in [1.54, 1.807) is 6.92 Å². The van der Waals surface area contributed by atoms with Crippen LogP contribution in [0.4, 0.5) is 0 Å². The minimum absolute atomic E-state index is 0.180. The van der Waals surface area contributed by atoms with Crippen molar-refractivity contribution in [2.24, 2.45) is 5.73 Å². The number of amides is 1. The van der Waals surface area contributed by atoms with E-state index in [1.165, 1.54) is 0 Å². The molecule has 0 aliphatic rings. The second-order valence-electron chi connectivity index (χ2n) is 2.23. The van der Waals surface area contributed by atoms with Gasteiger partial charge in [0.1, 0.15) is 0 Å². The van der Waals surface area contributed by atoms with E-state index >= 15 is 0 Å². The highest BCUT2D eigenvalue weighted by Gasteiger charge is 2.12. The van der Waals surface area contributed by atoms with Gasteiger partial charge in [0.05, 0.1) is 12.2 Å². The summed E-state index contributed by atoms with van der Waals surface area (Å²) in [5.41, 5.74) is 4.50. The first-order chi connectivity index (χ1) is 5.99. The number of ketones is 1. The van der Waals surface area contributed by atoms with Gasteiger partial charge in [0.15, 0.2) is 5.78 Å². The SMILES string of the molecule is CCOC(=O)/C=C(/C(C)=O)C(N)=O. The van der Waals surface area contributed by atoms with Crippen LogP contribution < -0.4 is 5.73 Å². The standard InChI is InChI=1S/C8H11NO4/c1-3-13-7(11)4-6(5(2)10)8(9)12/h4H,3H2,1-2H3,(H2,9,12)/b6-4-. The third-order valence-corrected chi connectivity index (χ3v) is 1.19. The van der Waals surface area contributed by atoms with Crippen LogP contribution in [0.5, 0.6) is 0 Å². The molecule has 2 N–H and O–H groups in total. The quantitative estimate of drug-likeness (QED) is 0.278. The van der Waals surface area contributed by atoms with E-state index < -0.39 is 17.7 Å². The van der Waals surface area contributed by atoms with Crippen molar-refractivity contribution in [3.63, 3.8) is 0 Å². The lowest BCUT2D eigenvalue weighted by atomic mass is 10.1. The van der Waals surface area contributed by atoms with E-state index in [-0.39, 0.29) is 12.2 Å². The molecule has 1 amide bonds. The van der Waals surface area contributed by atoms with Crippen molar-refractivity contribution in [2.45, 2.75) is 13.8 Å². The maximum atomic E-state index is 10.8.